The fourth-order valence-electron chi connectivity index (χ4n) is 2.53. The Bertz CT molecular complexity index is 413. The lowest BCUT2D eigenvalue weighted by Gasteiger charge is -2.19. The molecule has 0 spiro atoms. The van der Waals surface area contributed by atoms with Gasteiger partial charge in [-0.05, 0) is 19.8 Å². The summed E-state index contributed by atoms with van der Waals surface area (Å²) >= 11 is 0. The molecule has 5 heteroatoms. The first-order valence-corrected chi connectivity index (χ1v) is 5.71. The molecule has 0 saturated carbocycles. The van der Waals surface area contributed by atoms with Crippen LogP contribution in [0.2, 0.25) is 0 Å². The Morgan fingerprint density at radius 1 is 1.41 bits per heavy atom. The Labute approximate surface area is 99.1 Å². The number of allylic oxidation sites excluding steroid dienone is 2. The van der Waals surface area contributed by atoms with Crippen molar-refractivity contribution < 1.29 is 19.5 Å². The van der Waals surface area contributed by atoms with Gasteiger partial charge in [-0.15, -0.1) is 0 Å². The largest absolute Gasteiger partial charge is 0.550 e. The van der Waals surface area contributed by atoms with Crippen LogP contribution >= 0.6 is 0 Å². The van der Waals surface area contributed by atoms with Crippen LogP contribution in [0.1, 0.15) is 26.2 Å². The topological polar surface area (TPSA) is 77.5 Å². The van der Waals surface area contributed by atoms with Gasteiger partial charge in [0.15, 0.2) is 0 Å². The number of carbonyl (C=O) groups excluding carboxylic acids is 3. The zero-order chi connectivity index (χ0) is 12.6. The molecule has 1 aliphatic heterocycles. The molecule has 2 aliphatic rings. The highest BCUT2D eigenvalue weighted by Gasteiger charge is 2.47. The number of carboxylic acid groups (broad SMARTS) is 1. The van der Waals surface area contributed by atoms with Crippen molar-refractivity contribution in [3.8, 4) is 0 Å². The second-order valence-corrected chi connectivity index (χ2v) is 4.65. The van der Waals surface area contributed by atoms with E-state index in [9.17, 15) is 19.5 Å². The number of fused-ring (bicyclic) bond motifs is 1. The third-order valence-corrected chi connectivity index (χ3v) is 3.45. The first kappa shape index (κ1) is 11.8. The molecule has 0 radical (unpaired) electrons. The average molecular weight is 236 g/mol. The molecule has 5 nitrogen and oxygen atoms in total. The van der Waals surface area contributed by atoms with Crippen molar-refractivity contribution in [2.24, 2.45) is 11.8 Å². The summed E-state index contributed by atoms with van der Waals surface area (Å²) in [5.74, 6) is -2.27. The Morgan fingerprint density at radius 2 is 2.06 bits per heavy atom. The predicted octanol–water partition coefficient (Wildman–Crippen LogP) is -0.532. The molecule has 0 N–H and O–H groups in total. The molecular formula is C12H14NO4-. The van der Waals surface area contributed by atoms with E-state index in [0.717, 1.165) is 10.5 Å². The van der Waals surface area contributed by atoms with Gasteiger partial charge >= 0.3 is 0 Å². The van der Waals surface area contributed by atoms with E-state index in [1.165, 1.54) is 0 Å². The minimum Gasteiger partial charge on any atom is -0.550 e. The maximum atomic E-state index is 12.0. The monoisotopic (exact) mass is 236 g/mol. The zero-order valence-electron chi connectivity index (χ0n) is 9.64. The zero-order valence-corrected chi connectivity index (χ0v) is 9.64. The SMILES string of the molecule is CC1=CC[C@H]2C(=O)N(CCC(=O)[O-])C(=O)[C@@H]2C1. The van der Waals surface area contributed by atoms with Gasteiger partial charge in [-0.1, -0.05) is 11.6 Å². The number of likely N-dealkylation sites (tertiary alicyclic amines) is 1. The predicted molar refractivity (Wildman–Crippen MR) is 56.3 cm³/mol. The standard InChI is InChI=1S/C12H15NO4/c1-7-2-3-8-9(6-7)12(17)13(11(8)16)5-4-10(14)15/h2,8-9H,3-6H2,1H3,(H,14,15)/p-1/t8-,9-/m1/s1. The molecule has 2 rings (SSSR count). The highest BCUT2D eigenvalue weighted by Crippen LogP contribution is 2.37. The van der Waals surface area contributed by atoms with E-state index in [1.807, 2.05) is 13.0 Å². The van der Waals surface area contributed by atoms with E-state index < -0.39 is 5.97 Å². The van der Waals surface area contributed by atoms with E-state index in [1.54, 1.807) is 0 Å². The number of hydrogen-bond donors (Lipinski definition) is 0. The van der Waals surface area contributed by atoms with Gasteiger partial charge in [-0.2, -0.15) is 0 Å². The van der Waals surface area contributed by atoms with Crippen LogP contribution in [0, 0.1) is 11.8 Å². The van der Waals surface area contributed by atoms with E-state index in [0.29, 0.717) is 12.8 Å². The molecule has 0 aromatic carbocycles. The molecule has 2 atom stereocenters. The van der Waals surface area contributed by atoms with Crippen LogP contribution in [0.5, 0.6) is 0 Å². The van der Waals surface area contributed by atoms with Crippen molar-refractivity contribution in [1.29, 1.82) is 0 Å². The summed E-state index contributed by atoms with van der Waals surface area (Å²) in [7, 11) is 0. The van der Waals surface area contributed by atoms with Gasteiger partial charge in [0.25, 0.3) is 0 Å². The van der Waals surface area contributed by atoms with Crippen molar-refractivity contribution in [1.82, 2.24) is 4.90 Å². The fourth-order valence-corrected chi connectivity index (χ4v) is 2.53. The van der Waals surface area contributed by atoms with E-state index in [-0.39, 0.29) is 36.6 Å². The number of hydrogen-bond acceptors (Lipinski definition) is 4. The number of carboxylic acids is 1. The van der Waals surface area contributed by atoms with Gasteiger partial charge in [0.05, 0.1) is 11.8 Å². The van der Waals surface area contributed by atoms with Crippen molar-refractivity contribution in [3.63, 3.8) is 0 Å². The molecule has 1 saturated heterocycles. The molecular weight excluding hydrogens is 222 g/mol. The summed E-state index contributed by atoms with van der Waals surface area (Å²) < 4.78 is 0. The summed E-state index contributed by atoms with van der Waals surface area (Å²) in [6, 6.07) is 0. The lowest BCUT2D eigenvalue weighted by atomic mass is 9.82. The van der Waals surface area contributed by atoms with Gasteiger partial charge in [0.2, 0.25) is 11.8 Å². The normalized spacial score (nSPS) is 28.1. The lowest BCUT2D eigenvalue weighted by molar-refractivity contribution is -0.305. The van der Waals surface area contributed by atoms with Crippen LogP contribution in [0.3, 0.4) is 0 Å². The van der Waals surface area contributed by atoms with Gasteiger partial charge < -0.3 is 9.90 Å². The minimum atomic E-state index is -1.24. The van der Waals surface area contributed by atoms with Crippen molar-refractivity contribution in [3.05, 3.63) is 11.6 Å². The highest BCUT2D eigenvalue weighted by atomic mass is 16.4. The highest BCUT2D eigenvalue weighted by molar-refractivity contribution is 6.05. The molecule has 1 fully saturated rings. The van der Waals surface area contributed by atoms with E-state index in [2.05, 4.69) is 0 Å². The number of carbonyl (C=O) groups is 3. The minimum absolute atomic E-state index is 0.0634. The van der Waals surface area contributed by atoms with Gasteiger partial charge in [-0.3, -0.25) is 14.5 Å². The summed E-state index contributed by atoms with van der Waals surface area (Å²) in [5.41, 5.74) is 1.12. The number of rotatable bonds is 3. The van der Waals surface area contributed by atoms with E-state index in [4.69, 9.17) is 0 Å². The van der Waals surface area contributed by atoms with Crippen molar-refractivity contribution >= 4 is 17.8 Å². The second kappa shape index (κ2) is 4.31. The summed E-state index contributed by atoms with van der Waals surface area (Å²) in [5, 5.41) is 10.4. The molecule has 1 heterocycles. The molecule has 0 aromatic rings. The molecule has 1 aliphatic carbocycles. The van der Waals surface area contributed by atoms with E-state index >= 15 is 0 Å². The first-order valence-electron chi connectivity index (χ1n) is 5.71. The molecule has 0 aromatic heterocycles. The quantitative estimate of drug-likeness (QED) is 0.487. The Hall–Kier alpha value is -1.65. The number of aliphatic carboxylic acids is 1. The average Bonchev–Trinajstić information content (AvgIpc) is 2.49. The van der Waals surface area contributed by atoms with Crippen LogP contribution < -0.4 is 5.11 Å². The van der Waals surface area contributed by atoms with Crippen molar-refractivity contribution in [2.45, 2.75) is 26.2 Å². The maximum Gasteiger partial charge on any atom is 0.233 e. The molecule has 17 heavy (non-hydrogen) atoms. The molecule has 0 bridgehead atoms. The van der Waals surface area contributed by atoms with Crippen LogP contribution in [0.25, 0.3) is 0 Å². The third-order valence-electron chi connectivity index (χ3n) is 3.45. The maximum absolute atomic E-state index is 12.0. The summed E-state index contributed by atoms with van der Waals surface area (Å²) in [4.78, 5) is 35.4. The Balaban J connectivity index is 2.11. The van der Waals surface area contributed by atoms with Crippen LogP contribution in [-0.4, -0.2) is 29.2 Å². The van der Waals surface area contributed by atoms with Gasteiger partial charge in [-0.25, -0.2) is 0 Å². The van der Waals surface area contributed by atoms with Crippen LogP contribution in [-0.2, 0) is 14.4 Å². The lowest BCUT2D eigenvalue weighted by Crippen LogP contribution is -2.35. The Kier molecular flexibility index (Phi) is 3.00. The second-order valence-electron chi connectivity index (χ2n) is 4.65. The summed E-state index contributed by atoms with van der Waals surface area (Å²) in [6.07, 6.45) is 2.89. The third kappa shape index (κ3) is 2.09. The summed E-state index contributed by atoms with van der Waals surface area (Å²) in [6.45, 7) is 1.88. The van der Waals surface area contributed by atoms with Crippen molar-refractivity contribution in [2.75, 3.05) is 6.54 Å². The van der Waals surface area contributed by atoms with Crippen LogP contribution in [0.4, 0.5) is 0 Å². The smallest absolute Gasteiger partial charge is 0.233 e. The molecule has 0 unspecified atom stereocenters. The Morgan fingerprint density at radius 3 is 2.71 bits per heavy atom. The molecule has 92 valence electrons. The number of nitrogens with zero attached hydrogens (tertiary/aromatic N) is 1. The molecule has 2 amide bonds. The van der Waals surface area contributed by atoms with Gasteiger partial charge in [0.1, 0.15) is 0 Å². The fraction of sp³-hybridized carbons (Fsp3) is 0.583. The first-order chi connectivity index (χ1) is 8.00. The number of amides is 2. The van der Waals surface area contributed by atoms with Crippen LogP contribution in [0.15, 0.2) is 11.6 Å². The number of imide groups is 1. The van der Waals surface area contributed by atoms with Gasteiger partial charge in [0, 0.05) is 18.9 Å².